The molecule has 20 heavy (non-hydrogen) atoms. The van der Waals surface area contributed by atoms with Crippen molar-refractivity contribution in [2.75, 3.05) is 5.32 Å². The van der Waals surface area contributed by atoms with E-state index in [0.717, 1.165) is 6.07 Å². The largest absolute Gasteiger partial charge is 0.364 e. The normalized spacial score (nSPS) is 10.9. The number of hydrogen-bond acceptors (Lipinski definition) is 4. The first-order chi connectivity index (χ1) is 9.61. The van der Waals surface area contributed by atoms with Crippen LogP contribution in [0.5, 0.6) is 0 Å². The molecule has 0 aliphatic rings. The number of aromatic nitrogens is 4. The molecule has 0 saturated heterocycles. The molecule has 0 aliphatic carbocycles. The van der Waals surface area contributed by atoms with Gasteiger partial charge >= 0.3 is 0 Å². The summed E-state index contributed by atoms with van der Waals surface area (Å²) in [5.74, 6) is -0.0237. The minimum absolute atomic E-state index is 0.207. The molecule has 102 valence electrons. The molecule has 1 N–H and O–H groups in total. The van der Waals surface area contributed by atoms with E-state index in [-0.39, 0.29) is 6.54 Å². The highest BCUT2D eigenvalue weighted by molar-refractivity contribution is 5.43. The number of rotatable bonds is 3. The Kier molecular flexibility index (Phi) is 3.02. The van der Waals surface area contributed by atoms with Crippen molar-refractivity contribution in [3.8, 4) is 0 Å². The summed E-state index contributed by atoms with van der Waals surface area (Å²) in [6.45, 7) is 1.98. The van der Waals surface area contributed by atoms with Gasteiger partial charge in [-0.2, -0.15) is 0 Å². The molecular weight excluding hydrogens is 264 g/mol. The van der Waals surface area contributed by atoms with Gasteiger partial charge in [0.15, 0.2) is 5.65 Å². The summed E-state index contributed by atoms with van der Waals surface area (Å²) in [4.78, 5) is 4.16. The van der Waals surface area contributed by atoms with Crippen molar-refractivity contribution in [2.45, 2.75) is 13.5 Å². The fourth-order valence-corrected chi connectivity index (χ4v) is 1.83. The van der Waals surface area contributed by atoms with Crippen molar-refractivity contribution in [1.29, 1.82) is 0 Å². The van der Waals surface area contributed by atoms with Gasteiger partial charge in [-0.05, 0) is 25.1 Å². The quantitative estimate of drug-likeness (QED) is 0.797. The molecule has 0 amide bonds. The average molecular weight is 275 g/mol. The first kappa shape index (κ1) is 12.5. The van der Waals surface area contributed by atoms with E-state index >= 15 is 0 Å². The van der Waals surface area contributed by atoms with Crippen LogP contribution in [0, 0.1) is 18.6 Å². The summed E-state index contributed by atoms with van der Waals surface area (Å²) in [7, 11) is 0. The molecule has 2 heterocycles. The van der Waals surface area contributed by atoms with E-state index in [4.69, 9.17) is 0 Å². The molecule has 7 heteroatoms. The van der Waals surface area contributed by atoms with Gasteiger partial charge in [0.2, 0.25) is 0 Å². The highest BCUT2D eigenvalue weighted by atomic mass is 19.1. The maximum atomic E-state index is 13.5. The number of halogens is 2. The van der Waals surface area contributed by atoms with Crippen LogP contribution in [0.3, 0.4) is 0 Å². The lowest BCUT2D eigenvalue weighted by Gasteiger charge is -2.06. The van der Waals surface area contributed by atoms with Gasteiger partial charge in [-0.3, -0.25) is 0 Å². The van der Waals surface area contributed by atoms with Crippen molar-refractivity contribution < 1.29 is 8.78 Å². The van der Waals surface area contributed by atoms with Crippen LogP contribution in [0.15, 0.2) is 30.3 Å². The van der Waals surface area contributed by atoms with E-state index in [1.807, 2.05) is 0 Å². The fraction of sp³-hybridized carbons (Fsp3) is 0.154. The standard InChI is InChI=1S/C13H11F2N5/c1-8-17-13-5-4-12(19-20(13)18-8)16-7-9-2-3-10(14)6-11(9)15/h2-6H,7H2,1H3,(H,16,19). The second kappa shape index (κ2) is 4.84. The highest BCUT2D eigenvalue weighted by Gasteiger charge is 2.05. The third-order valence-corrected chi connectivity index (χ3v) is 2.79. The minimum atomic E-state index is -0.594. The Morgan fingerprint density at radius 1 is 1.15 bits per heavy atom. The molecule has 5 nitrogen and oxygen atoms in total. The maximum Gasteiger partial charge on any atom is 0.176 e. The molecule has 3 aromatic rings. The lowest BCUT2D eigenvalue weighted by Crippen LogP contribution is -2.06. The molecule has 0 fully saturated rings. The Labute approximate surface area is 113 Å². The van der Waals surface area contributed by atoms with Crippen LogP contribution in [-0.2, 0) is 6.54 Å². The lowest BCUT2D eigenvalue weighted by atomic mass is 10.2. The van der Waals surface area contributed by atoms with E-state index < -0.39 is 11.6 Å². The molecule has 0 radical (unpaired) electrons. The molecule has 3 rings (SSSR count). The number of nitrogens with zero attached hydrogens (tertiary/aromatic N) is 4. The molecule has 1 aromatic carbocycles. The first-order valence-corrected chi connectivity index (χ1v) is 6.00. The molecule has 0 saturated carbocycles. The van der Waals surface area contributed by atoms with Crippen LogP contribution in [0.4, 0.5) is 14.6 Å². The second-order valence-electron chi connectivity index (χ2n) is 4.31. The number of fused-ring (bicyclic) bond motifs is 1. The zero-order valence-electron chi connectivity index (χ0n) is 10.6. The second-order valence-corrected chi connectivity index (χ2v) is 4.31. The van der Waals surface area contributed by atoms with E-state index in [1.54, 1.807) is 19.1 Å². The third kappa shape index (κ3) is 2.42. The zero-order chi connectivity index (χ0) is 14.1. The van der Waals surface area contributed by atoms with Gasteiger partial charge < -0.3 is 5.32 Å². The Bertz CT molecular complexity index is 769. The lowest BCUT2D eigenvalue weighted by molar-refractivity contribution is 0.574. The van der Waals surface area contributed by atoms with E-state index in [1.165, 1.54) is 16.8 Å². The topological polar surface area (TPSA) is 55.1 Å². The summed E-state index contributed by atoms with van der Waals surface area (Å²) in [6.07, 6.45) is 0. The summed E-state index contributed by atoms with van der Waals surface area (Å²) < 4.78 is 27.7. The average Bonchev–Trinajstić information content (AvgIpc) is 2.77. The third-order valence-electron chi connectivity index (χ3n) is 2.79. The molecule has 0 bridgehead atoms. The summed E-state index contributed by atoms with van der Waals surface area (Å²) in [5.41, 5.74) is 1.00. The van der Waals surface area contributed by atoms with E-state index in [9.17, 15) is 8.78 Å². The fourth-order valence-electron chi connectivity index (χ4n) is 1.83. The zero-order valence-corrected chi connectivity index (χ0v) is 10.6. The van der Waals surface area contributed by atoms with E-state index in [2.05, 4.69) is 20.5 Å². The molecule has 0 spiro atoms. The van der Waals surface area contributed by atoms with Gasteiger partial charge in [0.1, 0.15) is 23.3 Å². The Balaban J connectivity index is 1.79. The summed E-state index contributed by atoms with van der Waals surface area (Å²) >= 11 is 0. The predicted octanol–water partition coefficient (Wildman–Crippen LogP) is 2.32. The number of hydrogen-bond donors (Lipinski definition) is 1. The molecule has 0 unspecified atom stereocenters. The van der Waals surface area contributed by atoms with Crippen molar-refractivity contribution in [2.24, 2.45) is 0 Å². The van der Waals surface area contributed by atoms with Crippen molar-refractivity contribution in [3.63, 3.8) is 0 Å². The molecular formula is C13H11F2N5. The van der Waals surface area contributed by atoms with Crippen LogP contribution in [0.2, 0.25) is 0 Å². The van der Waals surface area contributed by atoms with Gasteiger partial charge in [0, 0.05) is 18.2 Å². The number of benzene rings is 1. The molecule has 0 atom stereocenters. The van der Waals surface area contributed by atoms with Gasteiger partial charge in [0.05, 0.1) is 0 Å². The van der Waals surface area contributed by atoms with Crippen molar-refractivity contribution >= 4 is 11.5 Å². The van der Waals surface area contributed by atoms with E-state index in [0.29, 0.717) is 22.9 Å². The smallest absolute Gasteiger partial charge is 0.176 e. The predicted molar refractivity (Wildman–Crippen MR) is 69.2 cm³/mol. The summed E-state index contributed by atoms with van der Waals surface area (Å²) in [6, 6.07) is 6.96. The number of nitrogens with one attached hydrogen (secondary N) is 1. The first-order valence-electron chi connectivity index (χ1n) is 6.00. The van der Waals surface area contributed by atoms with Crippen LogP contribution < -0.4 is 5.32 Å². The Morgan fingerprint density at radius 2 is 2.00 bits per heavy atom. The van der Waals surface area contributed by atoms with Crippen LogP contribution in [-0.4, -0.2) is 19.8 Å². The van der Waals surface area contributed by atoms with Crippen molar-refractivity contribution in [1.82, 2.24) is 19.8 Å². The minimum Gasteiger partial charge on any atom is -0.364 e. The Morgan fingerprint density at radius 3 is 2.80 bits per heavy atom. The van der Waals surface area contributed by atoms with Crippen LogP contribution >= 0.6 is 0 Å². The van der Waals surface area contributed by atoms with Gasteiger partial charge in [-0.15, -0.1) is 14.8 Å². The van der Waals surface area contributed by atoms with Crippen LogP contribution in [0.1, 0.15) is 11.4 Å². The van der Waals surface area contributed by atoms with Gasteiger partial charge in [0.25, 0.3) is 0 Å². The number of anilines is 1. The van der Waals surface area contributed by atoms with Gasteiger partial charge in [-0.25, -0.2) is 13.8 Å². The monoisotopic (exact) mass is 275 g/mol. The Hall–Kier alpha value is -2.57. The van der Waals surface area contributed by atoms with Crippen LogP contribution in [0.25, 0.3) is 5.65 Å². The maximum absolute atomic E-state index is 13.5. The molecule has 2 aromatic heterocycles. The summed E-state index contributed by atoms with van der Waals surface area (Å²) in [5, 5.41) is 11.2. The molecule has 0 aliphatic heterocycles. The highest BCUT2D eigenvalue weighted by Crippen LogP contribution is 2.12. The SMILES string of the molecule is Cc1nc2ccc(NCc3ccc(F)cc3F)nn2n1. The van der Waals surface area contributed by atoms with Crippen molar-refractivity contribution in [3.05, 3.63) is 53.4 Å². The number of aryl methyl sites for hydroxylation is 1. The van der Waals surface area contributed by atoms with Gasteiger partial charge in [-0.1, -0.05) is 6.07 Å².